The highest BCUT2D eigenvalue weighted by Gasteiger charge is 2.01. The van der Waals surface area contributed by atoms with Gasteiger partial charge >= 0.3 is 0 Å². The standard InChI is InChI=1S/C18H21N3O/c1-3-15-9-11-16(12-10-15)14(2)20-21-18(22)13-19-17-7-5-4-6-8-17/h4-12,19H,3,13H2,1-2H3,(H,21,22)/b20-14-. The second-order valence-corrected chi connectivity index (χ2v) is 5.00. The molecule has 0 heterocycles. The van der Waals surface area contributed by atoms with Crippen LogP contribution in [0.25, 0.3) is 0 Å². The number of benzene rings is 2. The maximum absolute atomic E-state index is 11.8. The Labute approximate surface area is 131 Å². The summed E-state index contributed by atoms with van der Waals surface area (Å²) in [5.74, 6) is -0.173. The molecule has 0 fully saturated rings. The van der Waals surface area contributed by atoms with Crippen LogP contribution in [-0.4, -0.2) is 18.2 Å². The van der Waals surface area contributed by atoms with E-state index in [1.807, 2.05) is 49.4 Å². The Balaban J connectivity index is 1.85. The summed E-state index contributed by atoms with van der Waals surface area (Å²) in [5, 5.41) is 7.18. The van der Waals surface area contributed by atoms with Crippen molar-refractivity contribution in [3.8, 4) is 0 Å². The van der Waals surface area contributed by atoms with Gasteiger partial charge in [-0.1, -0.05) is 49.4 Å². The quantitative estimate of drug-likeness (QED) is 0.635. The molecular weight excluding hydrogens is 274 g/mol. The summed E-state index contributed by atoms with van der Waals surface area (Å²) in [7, 11) is 0. The van der Waals surface area contributed by atoms with E-state index in [4.69, 9.17) is 0 Å². The summed E-state index contributed by atoms with van der Waals surface area (Å²) in [6.07, 6.45) is 1.01. The van der Waals surface area contributed by atoms with Crippen LogP contribution in [0.4, 0.5) is 5.69 Å². The van der Waals surface area contributed by atoms with Crippen molar-refractivity contribution in [3.05, 3.63) is 65.7 Å². The number of hydrogen-bond acceptors (Lipinski definition) is 3. The second-order valence-electron chi connectivity index (χ2n) is 5.00. The first-order chi connectivity index (χ1) is 10.7. The first kappa shape index (κ1) is 15.8. The number of amides is 1. The van der Waals surface area contributed by atoms with Crippen molar-refractivity contribution in [2.45, 2.75) is 20.3 Å². The number of aryl methyl sites for hydroxylation is 1. The highest BCUT2D eigenvalue weighted by molar-refractivity contribution is 5.99. The highest BCUT2D eigenvalue weighted by Crippen LogP contribution is 2.06. The molecule has 0 aliphatic heterocycles. The van der Waals surface area contributed by atoms with Crippen molar-refractivity contribution in [2.24, 2.45) is 5.10 Å². The van der Waals surface area contributed by atoms with Crippen LogP contribution in [0, 0.1) is 0 Å². The van der Waals surface area contributed by atoms with Crippen LogP contribution in [-0.2, 0) is 11.2 Å². The summed E-state index contributed by atoms with van der Waals surface area (Å²) in [4.78, 5) is 11.8. The third-order valence-corrected chi connectivity index (χ3v) is 3.36. The molecule has 22 heavy (non-hydrogen) atoms. The van der Waals surface area contributed by atoms with Gasteiger partial charge in [-0.25, -0.2) is 5.43 Å². The van der Waals surface area contributed by atoms with Crippen LogP contribution in [0.3, 0.4) is 0 Å². The van der Waals surface area contributed by atoms with E-state index >= 15 is 0 Å². The van der Waals surface area contributed by atoms with Crippen molar-refractivity contribution in [1.82, 2.24) is 5.43 Å². The lowest BCUT2D eigenvalue weighted by Crippen LogP contribution is -2.26. The summed E-state index contributed by atoms with van der Waals surface area (Å²) in [5.41, 5.74) is 6.56. The van der Waals surface area contributed by atoms with E-state index in [1.54, 1.807) is 0 Å². The Morgan fingerprint density at radius 3 is 2.36 bits per heavy atom. The van der Waals surface area contributed by atoms with E-state index < -0.39 is 0 Å². The van der Waals surface area contributed by atoms with Gasteiger partial charge in [0.1, 0.15) is 0 Å². The maximum Gasteiger partial charge on any atom is 0.259 e. The molecular formula is C18H21N3O. The van der Waals surface area contributed by atoms with Gasteiger partial charge in [-0.05, 0) is 36.6 Å². The van der Waals surface area contributed by atoms with Gasteiger partial charge in [0.2, 0.25) is 0 Å². The molecule has 0 atom stereocenters. The molecule has 0 aromatic heterocycles. The molecule has 114 valence electrons. The normalized spacial score (nSPS) is 11.1. The van der Waals surface area contributed by atoms with Gasteiger partial charge in [-0.15, -0.1) is 0 Å². The molecule has 0 unspecified atom stereocenters. The van der Waals surface area contributed by atoms with Crippen molar-refractivity contribution >= 4 is 17.3 Å². The van der Waals surface area contributed by atoms with E-state index in [-0.39, 0.29) is 12.5 Å². The Morgan fingerprint density at radius 1 is 1.05 bits per heavy atom. The topological polar surface area (TPSA) is 53.5 Å². The van der Waals surface area contributed by atoms with E-state index in [1.165, 1.54) is 5.56 Å². The zero-order chi connectivity index (χ0) is 15.8. The van der Waals surface area contributed by atoms with Crippen molar-refractivity contribution in [2.75, 3.05) is 11.9 Å². The second kappa shape index (κ2) is 7.98. The Hall–Kier alpha value is -2.62. The molecule has 2 aromatic rings. The Kier molecular flexibility index (Phi) is 5.72. The Morgan fingerprint density at radius 2 is 1.73 bits per heavy atom. The fourth-order valence-electron chi connectivity index (χ4n) is 1.97. The highest BCUT2D eigenvalue weighted by atomic mass is 16.2. The largest absolute Gasteiger partial charge is 0.376 e. The lowest BCUT2D eigenvalue weighted by atomic mass is 10.1. The van der Waals surface area contributed by atoms with E-state index in [2.05, 4.69) is 34.9 Å². The minimum Gasteiger partial charge on any atom is -0.376 e. The van der Waals surface area contributed by atoms with E-state index in [9.17, 15) is 4.79 Å². The fraction of sp³-hybridized carbons (Fsp3) is 0.222. The molecule has 4 nitrogen and oxygen atoms in total. The molecule has 2 rings (SSSR count). The Bertz CT molecular complexity index is 633. The number of anilines is 1. The summed E-state index contributed by atoms with van der Waals surface area (Å²) >= 11 is 0. The first-order valence-corrected chi connectivity index (χ1v) is 7.40. The zero-order valence-electron chi connectivity index (χ0n) is 13.0. The van der Waals surface area contributed by atoms with Crippen molar-refractivity contribution < 1.29 is 4.79 Å². The fourth-order valence-corrected chi connectivity index (χ4v) is 1.97. The number of hydrogen-bond donors (Lipinski definition) is 2. The minimum atomic E-state index is -0.173. The van der Waals surface area contributed by atoms with Gasteiger partial charge in [0.05, 0.1) is 12.3 Å². The van der Waals surface area contributed by atoms with Crippen LogP contribution in [0.5, 0.6) is 0 Å². The SMILES string of the molecule is CCc1ccc(/C(C)=N\NC(=O)CNc2ccccc2)cc1. The van der Waals surface area contributed by atoms with Crippen LogP contribution < -0.4 is 10.7 Å². The molecule has 0 aliphatic rings. The van der Waals surface area contributed by atoms with Gasteiger partial charge in [0, 0.05) is 5.69 Å². The molecule has 0 spiro atoms. The van der Waals surface area contributed by atoms with Crippen LogP contribution in [0.2, 0.25) is 0 Å². The zero-order valence-corrected chi connectivity index (χ0v) is 13.0. The van der Waals surface area contributed by atoms with Crippen LogP contribution >= 0.6 is 0 Å². The van der Waals surface area contributed by atoms with Crippen LogP contribution in [0.1, 0.15) is 25.0 Å². The summed E-state index contributed by atoms with van der Waals surface area (Å²) in [6.45, 7) is 4.19. The molecule has 0 radical (unpaired) electrons. The molecule has 2 aromatic carbocycles. The molecule has 0 saturated carbocycles. The number of carbonyl (C=O) groups is 1. The summed E-state index contributed by atoms with van der Waals surface area (Å²) in [6, 6.07) is 17.8. The average Bonchev–Trinajstić information content (AvgIpc) is 2.58. The number of carbonyl (C=O) groups excluding carboxylic acids is 1. The van der Waals surface area contributed by atoms with Gasteiger partial charge in [0.15, 0.2) is 0 Å². The predicted molar refractivity (Wildman–Crippen MR) is 91.1 cm³/mol. The van der Waals surface area contributed by atoms with Gasteiger partial charge in [-0.2, -0.15) is 5.10 Å². The van der Waals surface area contributed by atoms with Crippen molar-refractivity contribution in [3.63, 3.8) is 0 Å². The van der Waals surface area contributed by atoms with Crippen molar-refractivity contribution in [1.29, 1.82) is 0 Å². The van der Waals surface area contributed by atoms with Gasteiger partial charge in [-0.3, -0.25) is 4.79 Å². The van der Waals surface area contributed by atoms with E-state index in [0.717, 1.165) is 23.4 Å². The summed E-state index contributed by atoms with van der Waals surface area (Å²) < 4.78 is 0. The minimum absolute atomic E-state index is 0.173. The molecule has 1 amide bonds. The maximum atomic E-state index is 11.8. The third-order valence-electron chi connectivity index (χ3n) is 3.36. The first-order valence-electron chi connectivity index (χ1n) is 7.40. The van der Waals surface area contributed by atoms with Gasteiger partial charge in [0.25, 0.3) is 5.91 Å². The molecule has 4 heteroatoms. The molecule has 0 aliphatic carbocycles. The third kappa shape index (κ3) is 4.74. The number of para-hydroxylation sites is 1. The predicted octanol–water partition coefficient (Wildman–Crippen LogP) is 3.20. The lowest BCUT2D eigenvalue weighted by Gasteiger charge is -2.06. The molecule has 2 N–H and O–H groups in total. The number of nitrogens with zero attached hydrogens (tertiary/aromatic N) is 1. The monoisotopic (exact) mass is 295 g/mol. The number of nitrogens with one attached hydrogen (secondary N) is 2. The van der Waals surface area contributed by atoms with Gasteiger partial charge < -0.3 is 5.32 Å². The smallest absolute Gasteiger partial charge is 0.259 e. The van der Waals surface area contributed by atoms with Crippen LogP contribution in [0.15, 0.2) is 59.7 Å². The number of rotatable bonds is 6. The van der Waals surface area contributed by atoms with E-state index in [0.29, 0.717) is 0 Å². The molecule has 0 bridgehead atoms. The lowest BCUT2D eigenvalue weighted by molar-refractivity contribution is -0.119. The average molecular weight is 295 g/mol. The number of hydrazone groups is 1. The molecule has 0 saturated heterocycles.